The van der Waals surface area contributed by atoms with Gasteiger partial charge >= 0.3 is 6.09 Å². The van der Waals surface area contributed by atoms with E-state index in [-0.39, 0.29) is 11.3 Å². The number of ether oxygens (including phenoxy) is 1. The van der Waals surface area contributed by atoms with Gasteiger partial charge in [-0.05, 0) is 57.7 Å². The van der Waals surface area contributed by atoms with Crippen molar-refractivity contribution in [1.82, 2.24) is 5.32 Å². The summed E-state index contributed by atoms with van der Waals surface area (Å²) in [5.41, 5.74) is 0.226. The Morgan fingerprint density at radius 3 is 1.79 bits per heavy atom. The first-order valence-electron chi connectivity index (χ1n) is 8.14. The van der Waals surface area contributed by atoms with Crippen LogP contribution in [-0.4, -0.2) is 23.1 Å². The lowest BCUT2D eigenvalue weighted by Gasteiger charge is -2.27. The molecular weight excluding hydrogens is 304 g/mol. The highest BCUT2D eigenvalue weighted by Crippen LogP contribution is 2.23. The molecule has 0 saturated carbocycles. The SMILES string of the molecule is CC(C)(C)OC(=O)NC(C)(C)C(=O)Nc1ccc(C(C)(C)C)cc1. The summed E-state index contributed by atoms with van der Waals surface area (Å²) in [7, 11) is 0. The zero-order chi connectivity index (χ0) is 18.8. The Labute approximate surface area is 145 Å². The molecule has 0 aliphatic heterocycles. The van der Waals surface area contributed by atoms with Gasteiger partial charge in [0.2, 0.25) is 5.91 Å². The predicted molar refractivity (Wildman–Crippen MR) is 97.2 cm³/mol. The molecule has 0 saturated heterocycles. The van der Waals surface area contributed by atoms with Crippen LogP contribution in [0.25, 0.3) is 0 Å². The molecule has 0 heterocycles. The third kappa shape index (κ3) is 6.22. The number of benzene rings is 1. The summed E-state index contributed by atoms with van der Waals surface area (Å²) in [6, 6.07) is 7.71. The minimum absolute atomic E-state index is 0.0556. The molecule has 5 nitrogen and oxygen atoms in total. The highest BCUT2D eigenvalue weighted by molar-refractivity contribution is 5.99. The number of alkyl carbamates (subject to hydrolysis) is 1. The van der Waals surface area contributed by atoms with Gasteiger partial charge in [-0.15, -0.1) is 0 Å². The third-order valence-corrected chi connectivity index (χ3v) is 3.39. The van der Waals surface area contributed by atoms with Crippen LogP contribution in [0.15, 0.2) is 24.3 Å². The fourth-order valence-electron chi connectivity index (χ4n) is 1.96. The minimum atomic E-state index is -1.09. The van der Waals surface area contributed by atoms with Crippen LogP contribution in [0.5, 0.6) is 0 Å². The van der Waals surface area contributed by atoms with Gasteiger partial charge in [0.1, 0.15) is 11.1 Å². The van der Waals surface area contributed by atoms with Gasteiger partial charge in [0, 0.05) is 5.69 Å². The van der Waals surface area contributed by atoms with Gasteiger partial charge in [-0.2, -0.15) is 0 Å². The van der Waals surface area contributed by atoms with E-state index in [2.05, 4.69) is 31.4 Å². The van der Waals surface area contributed by atoms with Crippen molar-refractivity contribution in [2.24, 2.45) is 0 Å². The summed E-state index contributed by atoms with van der Waals surface area (Å²) in [5.74, 6) is -0.308. The zero-order valence-corrected chi connectivity index (χ0v) is 16.0. The van der Waals surface area contributed by atoms with Gasteiger partial charge in [0.05, 0.1) is 0 Å². The Balaban J connectivity index is 2.73. The molecule has 2 N–H and O–H groups in total. The molecule has 1 aromatic rings. The van der Waals surface area contributed by atoms with E-state index in [1.54, 1.807) is 34.6 Å². The monoisotopic (exact) mass is 334 g/mol. The standard InChI is InChI=1S/C19H30N2O3/c1-17(2,3)13-9-11-14(12-10-13)20-15(22)19(7,8)21-16(23)24-18(4,5)6/h9-12H,1-8H3,(H,20,22)(H,21,23). The van der Waals surface area contributed by atoms with Crippen LogP contribution >= 0.6 is 0 Å². The molecular formula is C19H30N2O3. The normalized spacial score (nSPS) is 12.5. The number of carbonyl (C=O) groups is 2. The number of anilines is 1. The second-order valence-electron chi connectivity index (χ2n) is 8.53. The maximum Gasteiger partial charge on any atom is 0.408 e. The minimum Gasteiger partial charge on any atom is -0.444 e. The van der Waals surface area contributed by atoms with Crippen molar-refractivity contribution in [1.29, 1.82) is 0 Å². The average Bonchev–Trinajstić information content (AvgIpc) is 2.34. The van der Waals surface area contributed by atoms with Crippen molar-refractivity contribution >= 4 is 17.7 Å². The highest BCUT2D eigenvalue weighted by atomic mass is 16.6. The summed E-state index contributed by atoms with van der Waals surface area (Å²) < 4.78 is 5.20. The maximum absolute atomic E-state index is 12.4. The van der Waals surface area contributed by atoms with E-state index < -0.39 is 17.2 Å². The van der Waals surface area contributed by atoms with E-state index in [4.69, 9.17) is 4.74 Å². The van der Waals surface area contributed by atoms with Gasteiger partial charge in [0.15, 0.2) is 0 Å². The van der Waals surface area contributed by atoms with Crippen molar-refractivity contribution in [3.05, 3.63) is 29.8 Å². The molecule has 0 bridgehead atoms. The van der Waals surface area contributed by atoms with E-state index in [9.17, 15) is 9.59 Å². The summed E-state index contributed by atoms with van der Waals surface area (Å²) in [5, 5.41) is 5.42. The van der Waals surface area contributed by atoms with Crippen LogP contribution in [0.2, 0.25) is 0 Å². The molecule has 1 rings (SSSR count). The lowest BCUT2D eigenvalue weighted by Crippen LogP contribution is -2.53. The van der Waals surface area contributed by atoms with E-state index in [0.717, 1.165) is 0 Å². The smallest absolute Gasteiger partial charge is 0.408 e. The molecule has 0 fully saturated rings. The molecule has 0 aliphatic carbocycles. The quantitative estimate of drug-likeness (QED) is 0.869. The number of nitrogens with one attached hydrogen (secondary N) is 2. The molecule has 134 valence electrons. The molecule has 0 aliphatic rings. The molecule has 0 radical (unpaired) electrons. The lowest BCUT2D eigenvalue weighted by atomic mass is 9.87. The first-order valence-corrected chi connectivity index (χ1v) is 8.14. The second kappa shape index (κ2) is 6.83. The number of hydrogen-bond donors (Lipinski definition) is 2. The van der Waals surface area contributed by atoms with Crippen molar-refractivity contribution in [3.63, 3.8) is 0 Å². The van der Waals surface area contributed by atoms with Crippen LogP contribution < -0.4 is 10.6 Å². The Hall–Kier alpha value is -2.04. The van der Waals surface area contributed by atoms with Crippen LogP contribution in [0.3, 0.4) is 0 Å². The molecule has 1 aromatic carbocycles. The van der Waals surface area contributed by atoms with Crippen LogP contribution in [0.1, 0.15) is 61.0 Å². The lowest BCUT2D eigenvalue weighted by molar-refractivity contribution is -0.121. The van der Waals surface area contributed by atoms with Gasteiger partial charge < -0.3 is 15.4 Å². The summed E-state index contributed by atoms with van der Waals surface area (Å²) in [4.78, 5) is 24.3. The Bertz CT molecular complexity index is 591. The van der Waals surface area contributed by atoms with Gasteiger partial charge in [-0.25, -0.2) is 4.79 Å². The van der Waals surface area contributed by atoms with Gasteiger partial charge in [0.25, 0.3) is 0 Å². The van der Waals surface area contributed by atoms with E-state index in [1.165, 1.54) is 5.56 Å². The zero-order valence-electron chi connectivity index (χ0n) is 16.0. The fourth-order valence-corrected chi connectivity index (χ4v) is 1.96. The molecule has 0 spiro atoms. The molecule has 5 heteroatoms. The van der Waals surface area contributed by atoms with Gasteiger partial charge in [-0.3, -0.25) is 4.79 Å². The summed E-state index contributed by atoms with van der Waals surface area (Å²) in [6.45, 7) is 15.0. The number of carbonyl (C=O) groups excluding carboxylic acids is 2. The third-order valence-electron chi connectivity index (χ3n) is 3.39. The first-order chi connectivity index (χ1) is 10.7. The van der Waals surface area contributed by atoms with E-state index in [1.807, 2.05) is 24.3 Å². The Morgan fingerprint density at radius 2 is 1.38 bits per heavy atom. The summed E-state index contributed by atoms with van der Waals surface area (Å²) >= 11 is 0. The molecule has 2 amide bonds. The van der Waals surface area contributed by atoms with Crippen LogP contribution in [0, 0.1) is 0 Å². The Morgan fingerprint density at radius 1 is 0.875 bits per heavy atom. The molecule has 24 heavy (non-hydrogen) atoms. The number of amides is 2. The van der Waals surface area contributed by atoms with Crippen LogP contribution in [0.4, 0.5) is 10.5 Å². The van der Waals surface area contributed by atoms with Crippen molar-refractivity contribution < 1.29 is 14.3 Å². The molecule has 0 aromatic heterocycles. The summed E-state index contributed by atoms with van der Waals surface area (Å²) in [6.07, 6.45) is -0.620. The van der Waals surface area contributed by atoms with Crippen molar-refractivity contribution in [2.45, 2.75) is 71.9 Å². The maximum atomic E-state index is 12.4. The fraction of sp³-hybridized carbons (Fsp3) is 0.579. The number of rotatable bonds is 3. The Kier molecular flexibility index (Phi) is 5.70. The van der Waals surface area contributed by atoms with Crippen molar-refractivity contribution in [3.8, 4) is 0 Å². The van der Waals surface area contributed by atoms with Gasteiger partial charge in [-0.1, -0.05) is 32.9 Å². The first kappa shape index (κ1) is 20.0. The van der Waals surface area contributed by atoms with Crippen molar-refractivity contribution in [2.75, 3.05) is 5.32 Å². The van der Waals surface area contributed by atoms with E-state index in [0.29, 0.717) is 5.69 Å². The largest absolute Gasteiger partial charge is 0.444 e. The second-order valence-corrected chi connectivity index (χ2v) is 8.53. The topological polar surface area (TPSA) is 67.4 Å². The van der Waals surface area contributed by atoms with E-state index >= 15 is 0 Å². The predicted octanol–water partition coefficient (Wildman–Crippen LogP) is 4.23. The molecule has 0 unspecified atom stereocenters. The van der Waals surface area contributed by atoms with Crippen LogP contribution in [-0.2, 0) is 14.9 Å². The molecule has 0 atom stereocenters. The number of hydrogen-bond acceptors (Lipinski definition) is 3. The average molecular weight is 334 g/mol. The highest BCUT2D eigenvalue weighted by Gasteiger charge is 2.31.